The Kier molecular flexibility index (Phi) is 4.57. The van der Waals surface area contributed by atoms with Gasteiger partial charge in [0, 0.05) is 0 Å². The molecular formula is C11H17O5P. The van der Waals surface area contributed by atoms with Crippen LogP contribution >= 0.6 is 7.82 Å². The van der Waals surface area contributed by atoms with E-state index in [1.807, 2.05) is 0 Å². The summed E-state index contributed by atoms with van der Waals surface area (Å²) in [6, 6.07) is 4.53. The lowest BCUT2D eigenvalue weighted by Crippen LogP contribution is -1.98. The monoisotopic (exact) mass is 260 g/mol. The number of phosphoric acid groups is 1. The molecule has 0 bridgehead atoms. The molecule has 0 aliphatic carbocycles. The minimum atomic E-state index is -4.62. The lowest BCUT2D eigenvalue weighted by atomic mass is 9.99. The Morgan fingerprint density at radius 2 is 2.06 bits per heavy atom. The van der Waals surface area contributed by atoms with Crippen molar-refractivity contribution in [1.82, 2.24) is 0 Å². The van der Waals surface area contributed by atoms with E-state index in [1.165, 1.54) is 12.1 Å². The van der Waals surface area contributed by atoms with Crippen molar-refractivity contribution in [3.63, 3.8) is 0 Å². The molecule has 96 valence electrons. The highest BCUT2D eigenvalue weighted by atomic mass is 31.2. The second-order valence-corrected chi connectivity index (χ2v) is 5.27. The molecule has 0 heterocycles. The zero-order chi connectivity index (χ0) is 13.1. The van der Waals surface area contributed by atoms with Gasteiger partial charge in [0.25, 0.3) is 0 Å². The maximum atomic E-state index is 10.6. The van der Waals surface area contributed by atoms with E-state index in [1.54, 1.807) is 6.07 Å². The maximum absolute atomic E-state index is 10.6. The third-order valence-electron chi connectivity index (χ3n) is 2.52. The maximum Gasteiger partial charge on any atom is 0.524 e. The van der Waals surface area contributed by atoms with Gasteiger partial charge in [0.15, 0.2) is 11.5 Å². The fourth-order valence-corrected chi connectivity index (χ4v) is 1.85. The molecule has 0 amide bonds. The molecule has 1 rings (SSSR count). The van der Waals surface area contributed by atoms with Crippen LogP contribution in [0.5, 0.6) is 11.5 Å². The van der Waals surface area contributed by atoms with Gasteiger partial charge >= 0.3 is 7.82 Å². The van der Waals surface area contributed by atoms with E-state index >= 15 is 0 Å². The smallest absolute Gasteiger partial charge is 0.504 e. The fourth-order valence-electron chi connectivity index (χ4n) is 1.44. The highest BCUT2D eigenvalue weighted by Gasteiger charge is 2.18. The van der Waals surface area contributed by atoms with Crippen molar-refractivity contribution >= 4 is 7.82 Å². The van der Waals surface area contributed by atoms with Crippen molar-refractivity contribution < 1.29 is 24.0 Å². The van der Waals surface area contributed by atoms with E-state index in [-0.39, 0.29) is 11.5 Å². The van der Waals surface area contributed by atoms with Crippen molar-refractivity contribution in [2.45, 2.75) is 26.7 Å². The summed E-state index contributed by atoms with van der Waals surface area (Å²) in [5.41, 5.74) is 0.912. The van der Waals surface area contributed by atoms with Crippen LogP contribution in [0.1, 0.15) is 25.8 Å². The number of phosphoric ester groups is 1. The van der Waals surface area contributed by atoms with Crippen molar-refractivity contribution in [1.29, 1.82) is 0 Å². The number of hydrogen-bond acceptors (Lipinski definition) is 3. The Bertz CT molecular complexity index is 426. The minimum absolute atomic E-state index is 0.203. The molecule has 0 radical (unpaired) electrons. The summed E-state index contributed by atoms with van der Waals surface area (Å²) in [6.45, 7) is 4.17. The molecule has 5 nitrogen and oxygen atoms in total. The van der Waals surface area contributed by atoms with Gasteiger partial charge in [-0.05, 0) is 30.0 Å². The number of rotatable bonds is 5. The molecule has 1 unspecified atom stereocenters. The molecule has 1 atom stereocenters. The molecule has 1 aromatic rings. The largest absolute Gasteiger partial charge is 0.524 e. The van der Waals surface area contributed by atoms with Crippen LogP contribution in [-0.4, -0.2) is 14.9 Å². The summed E-state index contributed by atoms with van der Waals surface area (Å²) in [5, 5.41) is 9.57. The van der Waals surface area contributed by atoms with Crippen molar-refractivity contribution in [2.24, 2.45) is 5.92 Å². The number of benzene rings is 1. The van der Waals surface area contributed by atoms with Crippen LogP contribution in [0.25, 0.3) is 0 Å². The standard InChI is InChI=1S/C11H17O5P/c1-3-8(2)6-9-4-5-11(10(12)7-9)16-17(13,14)15/h4-5,7-8,12H,3,6H2,1-2H3,(H2,13,14,15). The number of phenolic OH excluding ortho intramolecular Hbond substituents is 1. The first-order valence-electron chi connectivity index (χ1n) is 5.39. The molecule has 17 heavy (non-hydrogen) atoms. The van der Waals surface area contributed by atoms with E-state index in [9.17, 15) is 9.67 Å². The molecule has 0 saturated carbocycles. The Labute approximate surface area is 100 Å². The Morgan fingerprint density at radius 3 is 2.53 bits per heavy atom. The van der Waals surface area contributed by atoms with Gasteiger partial charge in [0.05, 0.1) is 0 Å². The number of hydrogen-bond donors (Lipinski definition) is 3. The van der Waals surface area contributed by atoms with Crippen molar-refractivity contribution in [2.75, 3.05) is 0 Å². The Hall–Kier alpha value is -1.03. The van der Waals surface area contributed by atoms with E-state index in [0.29, 0.717) is 5.92 Å². The predicted molar refractivity (Wildman–Crippen MR) is 63.9 cm³/mol. The molecule has 0 aliphatic rings. The second kappa shape index (κ2) is 5.54. The Balaban J connectivity index is 2.83. The molecule has 6 heteroatoms. The molecule has 3 N–H and O–H groups in total. The average Bonchev–Trinajstić information content (AvgIpc) is 2.20. The molecule has 0 spiro atoms. The van der Waals surface area contributed by atoms with E-state index in [2.05, 4.69) is 18.4 Å². The fraction of sp³-hybridized carbons (Fsp3) is 0.455. The van der Waals surface area contributed by atoms with Crippen molar-refractivity contribution in [3.8, 4) is 11.5 Å². The van der Waals surface area contributed by atoms with Crippen LogP contribution in [-0.2, 0) is 11.0 Å². The van der Waals surface area contributed by atoms with Crippen LogP contribution in [0, 0.1) is 5.92 Å². The van der Waals surface area contributed by atoms with Gasteiger partial charge in [0.1, 0.15) is 0 Å². The van der Waals surface area contributed by atoms with Crippen LogP contribution in [0.4, 0.5) is 0 Å². The van der Waals surface area contributed by atoms with E-state index < -0.39 is 7.82 Å². The van der Waals surface area contributed by atoms with Crippen LogP contribution in [0.2, 0.25) is 0 Å². The molecule has 1 aromatic carbocycles. The number of aromatic hydroxyl groups is 1. The summed E-state index contributed by atoms with van der Waals surface area (Å²) >= 11 is 0. The first-order chi connectivity index (χ1) is 7.81. The number of phenols is 1. The Morgan fingerprint density at radius 1 is 1.41 bits per heavy atom. The zero-order valence-corrected chi connectivity index (χ0v) is 10.7. The molecule has 0 aliphatic heterocycles. The second-order valence-electron chi connectivity index (χ2n) is 4.10. The van der Waals surface area contributed by atoms with Crippen LogP contribution in [0.15, 0.2) is 18.2 Å². The summed E-state index contributed by atoms with van der Waals surface area (Å²) in [7, 11) is -4.62. The predicted octanol–water partition coefficient (Wildman–Crippen LogP) is 2.45. The zero-order valence-electron chi connectivity index (χ0n) is 9.83. The molecule has 0 fully saturated rings. The van der Waals surface area contributed by atoms with Gasteiger partial charge in [-0.2, -0.15) is 0 Å². The summed E-state index contributed by atoms with van der Waals surface area (Å²) in [4.78, 5) is 17.3. The summed E-state index contributed by atoms with van der Waals surface area (Å²) in [5.74, 6) is 0.0308. The van der Waals surface area contributed by atoms with Crippen molar-refractivity contribution in [3.05, 3.63) is 23.8 Å². The lowest BCUT2D eigenvalue weighted by Gasteiger charge is -2.11. The normalized spacial score (nSPS) is 13.4. The lowest BCUT2D eigenvalue weighted by molar-refractivity contribution is 0.277. The van der Waals surface area contributed by atoms with Crippen LogP contribution in [0.3, 0.4) is 0 Å². The van der Waals surface area contributed by atoms with Gasteiger partial charge < -0.3 is 9.63 Å². The van der Waals surface area contributed by atoms with Gasteiger partial charge in [-0.1, -0.05) is 26.3 Å². The summed E-state index contributed by atoms with van der Waals surface area (Å²) < 4.78 is 15.0. The third kappa shape index (κ3) is 4.77. The average molecular weight is 260 g/mol. The third-order valence-corrected chi connectivity index (χ3v) is 2.96. The first kappa shape index (κ1) is 14.0. The highest BCUT2D eigenvalue weighted by Crippen LogP contribution is 2.41. The van der Waals surface area contributed by atoms with Gasteiger partial charge in [0.2, 0.25) is 0 Å². The summed E-state index contributed by atoms with van der Waals surface area (Å²) in [6.07, 6.45) is 1.84. The minimum Gasteiger partial charge on any atom is -0.504 e. The molecular weight excluding hydrogens is 243 g/mol. The van der Waals surface area contributed by atoms with E-state index in [4.69, 9.17) is 9.79 Å². The van der Waals surface area contributed by atoms with Gasteiger partial charge in [-0.3, -0.25) is 9.79 Å². The quantitative estimate of drug-likeness (QED) is 0.708. The van der Waals surface area contributed by atoms with Gasteiger partial charge in [-0.15, -0.1) is 0 Å². The molecule has 0 aromatic heterocycles. The van der Waals surface area contributed by atoms with Crippen LogP contribution < -0.4 is 4.52 Å². The van der Waals surface area contributed by atoms with E-state index in [0.717, 1.165) is 18.4 Å². The highest BCUT2D eigenvalue weighted by molar-refractivity contribution is 7.46. The first-order valence-corrected chi connectivity index (χ1v) is 6.92. The SMILES string of the molecule is CCC(C)Cc1ccc(OP(=O)(O)O)c(O)c1. The topological polar surface area (TPSA) is 87.0 Å². The molecule has 0 saturated heterocycles. The van der Waals surface area contributed by atoms with Gasteiger partial charge in [-0.25, -0.2) is 4.57 Å².